The predicted octanol–water partition coefficient (Wildman–Crippen LogP) is 2.89. The third kappa shape index (κ3) is 2.25. The molecule has 0 aliphatic carbocycles. The molecule has 0 amide bonds. The van der Waals surface area contributed by atoms with Crippen molar-refractivity contribution >= 4 is 5.52 Å². The predicted molar refractivity (Wildman–Crippen MR) is 78.0 cm³/mol. The zero-order valence-electron chi connectivity index (χ0n) is 10.8. The number of nitrogens with zero attached hydrogens (tertiary/aromatic N) is 2. The van der Waals surface area contributed by atoms with E-state index in [1.165, 1.54) is 5.52 Å². The van der Waals surface area contributed by atoms with E-state index in [9.17, 15) is 0 Å². The van der Waals surface area contributed by atoms with Crippen LogP contribution >= 0.6 is 0 Å². The molecule has 0 atom stereocenters. The fraction of sp³-hybridized carbons (Fsp3) is 0.188. The van der Waals surface area contributed by atoms with E-state index in [-0.39, 0.29) is 0 Å². The Balaban J connectivity index is 2.15. The Morgan fingerprint density at radius 2 is 1.79 bits per heavy atom. The SMILES string of the molecule is NCCCc1nc(-c2ccccc2)n2ccccc12. The molecule has 2 heterocycles. The van der Waals surface area contributed by atoms with Gasteiger partial charge < -0.3 is 5.73 Å². The number of hydrogen-bond acceptors (Lipinski definition) is 2. The topological polar surface area (TPSA) is 43.3 Å². The molecule has 3 rings (SSSR count). The molecule has 0 saturated heterocycles. The zero-order chi connectivity index (χ0) is 13.1. The smallest absolute Gasteiger partial charge is 0.144 e. The van der Waals surface area contributed by atoms with E-state index >= 15 is 0 Å². The summed E-state index contributed by atoms with van der Waals surface area (Å²) in [6, 6.07) is 16.5. The first-order chi connectivity index (χ1) is 9.40. The Hall–Kier alpha value is -2.13. The summed E-state index contributed by atoms with van der Waals surface area (Å²) in [5, 5.41) is 0. The summed E-state index contributed by atoms with van der Waals surface area (Å²) >= 11 is 0. The Labute approximate surface area is 112 Å². The van der Waals surface area contributed by atoms with Crippen LogP contribution in [0.5, 0.6) is 0 Å². The second kappa shape index (κ2) is 5.24. The lowest BCUT2D eigenvalue weighted by molar-refractivity contribution is 0.820. The van der Waals surface area contributed by atoms with Crippen molar-refractivity contribution in [1.29, 1.82) is 0 Å². The number of benzene rings is 1. The molecule has 96 valence electrons. The molecule has 0 saturated carbocycles. The maximum absolute atomic E-state index is 5.60. The molecule has 3 heteroatoms. The fourth-order valence-corrected chi connectivity index (χ4v) is 2.35. The van der Waals surface area contributed by atoms with E-state index in [4.69, 9.17) is 10.7 Å². The lowest BCUT2D eigenvalue weighted by atomic mass is 10.2. The number of aromatic nitrogens is 2. The summed E-state index contributed by atoms with van der Waals surface area (Å²) in [6.45, 7) is 0.701. The minimum absolute atomic E-state index is 0.701. The fourth-order valence-electron chi connectivity index (χ4n) is 2.35. The molecular formula is C16H17N3. The van der Waals surface area contributed by atoms with Gasteiger partial charge >= 0.3 is 0 Å². The molecule has 19 heavy (non-hydrogen) atoms. The van der Waals surface area contributed by atoms with Crippen molar-refractivity contribution in [3.63, 3.8) is 0 Å². The van der Waals surface area contributed by atoms with Gasteiger partial charge in [0.2, 0.25) is 0 Å². The lowest BCUT2D eigenvalue weighted by Crippen LogP contribution is -2.00. The minimum Gasteiger partial charge on any atom is -0.330 e. The van der Waals surface area contributed by atoms with Crippen molar-refractivity contribution in [2.75, 3.05) is 6.54 Å². The van der Waals surface area contributed by atoms with Crippen LogP contribution in [0, 0.1) is 0 Å². The van der Waals surface area contributed by atoms with Crippen molar-refractivity contribution in [2.24, 2.45) is 5.73 Å². The normalized spacial score (nSPS) is 11.0. The minimum atomic E-state index is 0.701. The van der Waals surface area contributed by atoms with Gasteiger partial charge in [0.1, 0.15) is 5.82 Å². The maximum Gasteiger partial charge on any atom is 0.144 e. The average Bonchev–Trinajstić information content (AvgIpc) is 2.85. The van der Waals surface area contributed by atoms with Crippen LogP contribution in [0.4, 0.5) is 0 Å². The summed E-state index contributed by atoms with van der Waals surface area (Å²) in [5.74, 6) is 1.00. The Morgan fingerprint density at radius 1 is 1.00 bits per heavy atom. The largest absolute Gasteiger partial charge is 0.330 e. The van der Waals surface area contributed by atoms with Crippen molar-refractivity contribution in [3.8, 4) is 11.4 Å². The molecule has 0 radical (unpaired) electrons. The highest BCUT2D eigenvalue weighted by Crippen LogP contribution is 2.23. The van der Waals surface area contributed by atoms with E-state index in [2.05, 4.69) is 34.9 Å². The number of nitrogens with two attached hydrogens (primary N) is 1. The van der Waals surface area contributed by atoms with Crippen LogP contribution in [0.25, 0.3) is 16.9 Å². The van der Waals surface area contributed by atoms with Gasteiger partial charge in [-0.05, 0) is 31.5 Å². The van der Waals surface area contributed by atoms with Crippen LogP contribution in [-0.4, -0.2) is 15.9 Å². The quantitative estimate of drug-likeness (QED) is 0.774. The summed E-state index contributed by atoms with van der Waals surface area (Å²) in [7, 11) is 0. The molecule has 1 aromatic carbocycles. The van der Waals surface area contributed by atoms with E-state index in [0.717, 1.165) is 29.9 Å². The molecule has 0 fully saturated rings. The highest BCUT2D eigenvalue weighted by molar-refractivity contribution is 5.65. The Bertz CT molecular complexity index is 671. The summed E-state index contributed by atoms with van der Waals surface area (Å²) in [6.07, 6.45) is 3.96. The number of imidazole rings is 1. The second-order valence-corrected chi connectivity index (χ2v) is 4.60. The van der Waals surface area contributed by atoms with Gasteiger partial charge in [-0.3, -0.25) is 4.40 Å². The summed E-state index contributed by atoms with van der Waals surface area (Å²) in [4.78, 5) is 4.80. The van der Waals surface area contributed by atoms with Crippen LogP contribution in [0.15, 0.2) is 54.7 Å². The summed E-state index contributed by atoms with van der Waals surface area (Å²) < 4.78 is 2.15. The average molecular weight is 251 g/mol. The molecule has 0 bridgehead atoms. The Kier molecular flexibility index (Phi) is 3.29. The van der Waals surface area contributed by atoms with Crippen LogP contribution in [-0.2, 0) is 6.42 Å². The third-order valence-corrected chi connectivity index (χ3v) is 3.27. The van der Waals surface area contributed by atoms with Crippen molar-refractivity contribution in [1.82, 2.24) is 9.38 Å². The van der Waals surface area contributed by atoms with Crippen molar-refractivity contribution in [3.05, 3.63) is 60.4 Å². The number of hydrogen-bond donors (Lipinski definition) is 1. The van der Waals surface area contributed by atoms with E-state index in [1.54, 1.807) is 0 Å². The second-order valence-electron chi connectivity index (χ2n) is 4.60. The van der Waals surface area contributed by atoms with Crippen molar-refractivity contribution < 1.29 is 0 Å². The van der Waals surface area contributed by atoms with Crippen LogP contribution in [0.1, 0.15) is 12.1 Å². The lowest BCUT2D eigenvalue weighted by Gasteiger charge is -2.00. The van der Waals surface area contributed by atoms with Gasteiger partial charge in [-0.25, -0.2) is 4.98 Å². The standard InChI is InChI=1S/C16H17N3/c17-11-6-9-14-15-10-4-5-12-19(15)16(18-14)13-7-2-1-3-8-13/h1-5,7-8,10,12H,6,9,11,17H2. The number of fused-ring (bicyclic) bond motifs is 1. The molecule has 2 N–H and O–H groups in total. The monoisotopic (exact) mass is 251 g/mol. The van der Waals surface area contributed by atoms with Gasteiger partial charge in [0.25, 0.3) is 0 Å². The number of aryl methyl sites for hydroxylation is 1. The molecule has 3 aromatic rings. The van der Waals surface area contributed by atoms with Gasteiger partial charge in [-0.15, -0.1) is 0 Å². The molecule has 0 aliphatic heterocycles. The van der Waals surface area contributed by atoms with Gasteiger partial charge in [0, 0.05) is 11.8 Å². The zero-order valence-corrected chi connectivity index (χ0v) is 10.8. The molecule has 0 unspecified atom stereocenters. The molecule has 0 spiro atoms. The van der Waals surface area contributed by atoms with Crippen LogP contribution in [0.2, 0.25) is 0 Å². The van der Waals surface area contributed by atoms with E-state index in [0.29, 0.717) is 6.54 Å². The van der Waals surface area contributed by atoms with Crippen molar-refractivity contribution in [2.45, 2.75) is 12.8 Å². The first kappa shape index (κ1) is 11.9. The first-order valence-corrected chi connectivity index (χ1v) is 6.61. The van der Waals surface area contributed by atoms with E-state index < -0.39 is 0 Å². The molecular weight excluding hydrogens is 234 g/mol. The Morgan fingerprint density at radius 3 is 2.58 bits per heavy atom. The number of pyridine rings is 1. The molecule has 3 nitrogen and oxygen atoms in total. The van der Waals surface area contributed by atoms with Gasteiger partial charge in [0.15, 0.2) is 0 Å². The molecule has 0 aliphatic rings. The van der Waals surface area contributed by atoms with E-state index in [1.807, 2.05) is 24.3 Å². The van der Waals surface area contributed by atoms with Crippen LogP contribution < -0.4 is 5.73 Å². The van der Waals surface area contributed by atoms with Gasteiger partial charge in [0.05, 0.1) is 11.2 Å². The summed E-state index contributed by atoms with van der Waals surface area (Å²) in [5.41, 5.74) is 9.05. The third-order valence-electron chi connectivity index (χ3n) is 3.27. The highest BCUT2D eigenvalue weighted by Gasteiger charge is 2.11. The molecule has 2 aromatic heterocycles. The first-order valence-electron chi connectivity index (χ1n) is 6.61. The van der Waals surface area contributed by atoms with Gasteiger partial charge in [-0.2, -0.15) is 0 Å². The highest BCUT2D eigenvalue weighted by atomic mass is 15.0. The van der Waals surface area contributed by atoms with Gasteiger partial charge in [-0.1, -0.05) is 36.4 Å². The van der Waals surface area contributed by atoms with Crippen LogP contribution in [0.3, 0.4) is 0 Å². The maximum atomic E-state index is 5.60. The number of rotatable bonds is 4.